The van der Waals surface area contributed by atoms with Crippen LogP contribution in [0.4, 0.5) is 0 Å². The monoisotopic (exact) mass is 640 g/mol. The Kier molecular flexibility index (Phi) is 12.0. The van der Waals surface area contributed by atoms with Gasteiger partial charge in [-0.05, 0) is 72.2 Å². The molecule has 0 amide bonds. The van der Waals surface area contributed by atoms with Crippen LogP contribution in [0.3, 0.4) is 0 Å². The van der Waals surface area contributed by atoms with Crippen LogP contribution in [0, 0.1) is 0 Å². The van der Waals surface area contributed by atoms with Gasteiger partial charge >= 0.3 is 15.6 Å². The van der Waals surface area contributed by atoms with Crippen molar-refractivity contribution in [2.24, 2.45) is 0 Å². The molecule has 0 aliphatic rings. The second-order valence-corrected chi connectivity index (χ2v) is 12.3. The first-order valence-corrected chi connectivity index (χ1v) is 16.7. The molecule has 3 rings (SSSR count). The van der Waals surface area contributed by atoms with Crippen LogP contribution >= 0.6 is 15.6 Å². The molecule has 43 heavy (non-hydrogen) atoms. The molecule has 0 saturated heterocycles. The maximum atomic E-state index is 13.8. The summed E-state index contributed by atoms with van der Waals surface area (Å²) in [5, 5.41) is 10.8. The number of benzene rings is 2. The van der Waals surface area contributed by atoms with Gasteiger partial charge in [-0.15, -0.1) is 0 Å². The van der Waals surface area contributed by atoms with Gasteiger partial charge in [0.05, 0.1) is 33.5 Å². The lowest BCUT2D eigenvalue weighted by Crippen LogP contribution is -2.10. The van der Waals surface area contributed by atoms with Gasteiger partial charge in [-0.3, -0.25) is 22.9 Å². The second kappa shape index (κ2) is 15.1. The Labute approximate surface area is 250 Å². The molecule has 2 aromatic carbocycles. The van der Waals surface area contributed by atoms with Crippen LogP contribution in [0.2, 0.25) is 0 Å². The van der Waals surface area contributed by atoms with Crippen molar-refractivity contribution in [2.75, 3.05) is 33.5 Å². The molecule has 0 atom stereocenters. The number of aromatic hydroxyl groups is 1. The third-order valence-electron chi connectivity index (χ3n) is 5.80. The molecule has 0 unspecified atom stereocenters. The van der Waals surface area contributed by atoms with Gasteiger partial charge in [0.1, 0.15) is 28.2 Å². The van der Waals surface area contributed by atoms with Crippen molar-refractivity contribution in [3.63, 3.8) is 0 Å². The minimum Gasteiger partial charge on any atom is -0.502 e. The fraction of sp³-hybridized carbons (Fsp3) is 0.414. The molecule has 14 heteroatoms. The van der Waals surface area contributed by atoms with Crippen LogP contribution in [0.25, 0.3) is 22.3 Å². The summed E-state index contributed by atoms with van der Waals surface area (Å²) in [7, 11) is -6.95. The van der Waals surface area contributed by atoms with Crippen molar-refractivity contribution in [1.29, 1.82) is 0 Å². The largest absolute Gasteiger partial charge is 0.530 e. The minimum atomic E-state index is -4.28. The number of methoxy groups -OCH3 is 1. The summed E-state index contributed by atoms with van der Waals surface area (Å²) in [6.45, 7) is 10.1. The highest BCUT2D eigenvalue weighted by Crippen LogP contribution is 2.55. The van der Waals surface area contributed by atoms with E-state index in [9.17, 15) is 19.0 Å². The van der Waals surface area contributed by atoms with E-state index >= 15 is 0 Å². The van der Waals surface area contributed by atoms with E-state index in [0.29, 0.717) is 11.3 Å². The maximum Gasteiger partial charge on any atom is 0.530 e. The number of phosphoric ester groups is 2. The molecule has 1 N–H and O–H groups in total. The Morgan fingerprint density at radius 3 is 1.84 bits per heavy atom. The first-order chi connectivity index (χ1) is 20.4. The minimum absolute atomic E-state index is 0.00593. The van der Waals surface area contributed by atoms with Gasteiger partial charge in [0, 0.05) is 17.2 Å². The van der Waals surface area contributed by atoms with Gasteiger partial charge < -0.3 is 23.3 Å². The van der Waals surface area contributed by atoms with Crippen molar-refractivity contribution in [1.82, 2.24) is 0 Å². The lowest BCUT2D eigenvalue weighted by molar-refractivity contribution is 0.166. The fourth-order valence-electron chi connectivity index (χ4n) is 4.00. The van der Waals surface area contributed by atoms with Gasteiger partial charge in [-0.1, -0.05) is 11.6 Å². The molecular weight excluding hydrogens is 602 g/mol. The highest BCUT2D eigenvalue weighted by atomic mass is 31.2. The van der Waals surface area contributed by atoms with E-state index in [2.05, 4.69) is 0 Å². The number of ether oxygens (including phenoxy) is 1. The molecule has 0 fully saturated rings. The van der Waals surface area contributed by atoms with E-state index in [0.717, 1.165) is 5.57 Å². The normalized spacial score (nSPS) is 11.9. The van der Waals surface area contributed by atoms with Gasteiger partial charge in [0.25, 0.3) is 0 Å². The Morgan fingerprint density at radius 2 is 1.37 bits per heavy atom. The third-order valence-corrected chi connectivity index (χ3v) is 8.94. The molecule has 12 nitrogen and oxygen atoms in total. The average molecular weight is 641 g/mol. The van der Waals surface area contributed by atoms with Crippen LogP contribution in [-0.4, -0.2) is 38.6 Å². The van der Waals surface area contributed by atoms with Crippen molar-refractivity contribution in [2.45, 2.75) is 48.0 Å². The SMILES string of the molecule is CCOP(=O)(OCC)Oc1cc(OP(=O)(OCC)OCC)c2c(=O)c(O)c(-c3ccc(OC)cc3)oc2c1CC=C(C)C. The number of phosphoric acid groups is 2. The highest BCUT2D eigenvalue weighted by molar-refractivity contribution is 7.49. The van der Waals surface area contributed by atoms with Crippen LogP contribution in [0.5, 0.6) is 23.0 Å². The highest BCUT2D eigenvalue weighted by Gasteiger charge is 2.34. The Balaban J connectivity index is 2.47. The quantitative estimate of drug-likeness (QED) is 0.120. The molecule has 0 spiro atoms. The standard InChI is InChI=1S/C29H38O12P2/c1-8-35-42(32,36-9-2)40-23-18-24(41-43(33,37-10-3)38-11-4)25-26(30)27(31)28(20-13-15-21(34-7)16-14-20)39-29(25)22(23)17-12-19(5)6/h12-16,18,31H,8-11,17H2,1-7H3. The van der Waals surface area contributed by atoms with E-state index in [1.165, 1.54) is 13.2 Å². The van der Waals surface area contributed by atoms with Crippen molar-refractivity contribution < 1.29 is 50.5 Å². The zero-order chi connectivity index (χ0) is 31.8. The topological polar surface area (TPSA) is 149 Å². The average Bonchev–Trinajstić information content (AvgIpc) is 2.94. The van der Waals surface area contributed by atoms with Crippen molar-refractivity contribution in [3.05, 3.63) is 57.8 Å². The summed E-state index contributed by atoms with van der Waals surface area (Å²) in [6, 6.07) is 7.69. The molecular formula is C29H38O12P2. The zero-order valence-electron chi connectivity index (χ0n) is 25.3. The molecule has 1 aromatic heterocycles. The Hall–Kier alpha value is -3.11. The summed E-state index contributed by atoms with van der Waals surface area (Å²) in [6.07, 6.45) is 1.97. The van der Waals surface area contributed by atoms with Gasteiger partial charge in [0.15, 0.2) is 5.76 Å². The molecule has 3 aromatic rings. The van der Waals surface area contributed by atoms with Gasteiger partial charge in [0.2, 0.25) is 11.2 Å². The fourth-order valence-corrected chi connectivity index (χ4v) is 6.41. The maximum absolute atomic E-state index is 13.8. The van der Waals surface area contributed by atoms with Crippen molar-refractivity contribution in [3.8, 4) is 34.3 Å². The molecule has 236 valence electrons. The van der Waals surface area contributed by atoms with Crippen LogP contribution in [-0.2, 0) is 33.6 Å². The van der Waals surface area contributed by atoms with Crippen molar-refractivity contribution >= 4 is 26.6 Å². The summed E-state index contributed by atoms with van der Waals surface area (Å²) < 4.78 is 71.2. The van der Waals surface area contributed by atoms with Crippen LogP contribution in [0.15, 0.2) is 51.2 Å². The van der Waals surface area contributed by atoms with Crippen LogP contribution in [0.1, 0.15) is 47.1 Å². The Bertz CT molecular complexity index is 1570. The van der Waals surface area contributed by atoms with Gasteiger partial charge in [-0.2, -0.15) is 0 Å². The molecule has 0 radical (unpaired) electrons. The third kappa shape index (κ3) is 8.29. The predicted molar refractivity (Wildman–Crippen MR) is 162 cm³/mol. The Morgan fingerprint density at radius 1 is 0.860 bits per heavy atom. The first-order valence-electron chi connectivity index (χ1n) is 13.7. The number of fused-ring (bicyclic) bond motifs is 1. The number of rotatable bonds is 16. The van der Waals surface area contributed by atoms with E-state index in [4.69, 9.17) is 36.3 Å². The number of hydrogen-bond acceptors (Lipinski definition) is 12. The molecule has 0 aliphatic heterocycles. The van der Waals surface area contributed by atoms with Gasteiger partial charge in [-0.25, -0.2) is 9.13 Å². The lowest BCUT2D eigenvalue weighted by atomic mass is 10.0. The smallest absolute Gasteiger partial charge is 0.502 e. The van der Waals surface area contributed by atoms with E-state index < -0.39 is 26.8 Å². The summed E-state index contributed by atoms with van der Waals surface area (Å²) >= 11 is 0. The molecule has 1 heterocycles. The molecule has 0 saturated carbocycles. The zero-order valence-corrected chi connectivity index (χ0v) is 27.1. The number of hydrogen-bond donors (Lipinski definition) is 1. The van der Waals surface area contributed by atoms with E-state index in [-0.39, 0.29) is 66.6 Å². The number of allylic oxidation sites excluding steroid dienone is 2. The molecule has 0 aliphatic carbocycles. The summed E-state index contributed by atoms with van der Waals surface area (Å²) in [5.41, 5.74) is 0.577. The first kappa shape index (κ1) is 34.4. The summed E-state index contributed by atoms with van der Waals surface area (Å²) in [4.78, 5) is 13.8. The lowest BCUT2D eigenvalue weighted by Gasteiger charge is -2.22. The summed E-state index contributed by atoms with van der Waals surface area (Å²) in [5.74, 6) is -0.786. The van der Waals surface area contributed by atoms with Crippen LogP contribution < -0.4 is 19.2 Å². The second-order valence-electron chi connectivity index (χ2n) is 9.13. The molecule has 0 bridgehead atoms. The predicted octanol–water partition coefficient (Wildman–Crippen LogP) is 7.80. The van der Waals surface area contributed by atoms with E-state index in [1.807, 2.05) is 19.9 Å². The van der Waals surface area contributed by atoms with E-state index in [1.54, 1.807) is 52.0 Å².